The standard InChI is InChI=1S/C24H24N2O3S/c1-3-28-16-15-26-21-14-11-17-7-5-6-8-20(17)22(21)30-24(26)25-23(27)18-9-12-19(13-10-18)29-4-2/h5-14H,3-4,15-16H2,1-2H3. The van der Waals surface area contributed by atoms with E-state index in [9.17, 15) is 4.79 Å². The van der Waals surface area contributed by atoms with Gasteiger partial charge in [0.15, 0.2) is 4.80 Å². The molecule has 0 spiro atoms. The predicted octanol–water partition coefficient (Wildman–Crippen LogP) is 5.03. The van der Waals surface area contributed by atoms with Gasteiger partial charge in [-0.05, 0) is 49.6 Å². The summed E-state index contributed by atoms with van der Waals surface area (Å²) in [6.45, 7) is 6.36. The lowest BCUT2D eigenvalue weighted by Crippen LogP contribution is -2.19. The van der Waals surface area contributed by atoms with Crippen LogP contribution in [0.25, 0.3) is 21.0 Å². The Balaban J connectivity index is 1.80. The number of rotatable bonds is 7. The van der Waals surface area contributed by atoms with Crippen molar-refractivity contribution < 1.29 is 14.3 Å². The molecule has 1 heterocycles. The van der Waals surface area contributed by atoms with Crippen LogP contribution in [0.5, 0.6) is 5.75 Å². The number of amides is 1. The third-order valence-corrected chi connectivity index (χ3v) is 5.97. The van der Waals surface area contributed by atoms with Crippen molar-refractivity contribution in [3.63, 3.8) is 0 Å². The van der Waals surface area contributed by atoms with Crippen LogP contribution in [-0.4, -0.2) is 30.3 Å². The van der Waals surface area contributed by atoms with E-state index in [0.29, 0.717) is 36.7 Å². The van der Waals surface area contributed by atoms with Crippen LogP contribution >= 0.6 is 11.3 Å². The molecule has 4 aromatic rings. The topological polar surface area (TPSA) is 52.8 Å². The zero-order chi connectivity index (χ0) is 20.9. The summed E-state index contributed by atoms with van der Waals surface area (Å²) in [6.07, 6.45) is 0. The molecule has 0 radical (unpaired) electrons. The van der Waals surface area contributed by atoms with Crippen molar-refractivity contribution in [2.24, 2.45) is 4.99 Å². The van der Waals surface area contributed by atoms with Crippen molar-refractivity contribution in [2.45, 2.75) is 20.4 Å². The highest BCUT2D eigenvalue weighted by Crippen LogP contribution is 2.27. The summed E-state index contributed by atoms with van der Waals surface area (Å²) in [4.78, 5) is 18.0. The number of carbonyl (C=O) groups excluding carboxylic acids is 1. The third-order valence-electron chi connectivity index (χ3n) is 4.85. The van der Waals surface area contributed by atoms with Gasteiger partial charge in [-0.25, -0.2) is 0 Å². The van der Waals surface area contributed by atoms with Gasteiger partial charge in [-0.1, -0.05) is 41.7 Å². The Morgan fingerprint density at radius 3 is 2.57 bits per heavy atom. The van der Waals surface area contributed by atoms with E-state index >= 15 is 0 Å². The molecule has 3 aromatic carbocycles. The van der Waals surface area contributed by atoms with Gasteiger partial charge in [0.25, 0.3) is 5.91 Å². The average Bonchev–Trinajstić information content (AvgIpc) is 3.12. The molecule has 4 rings (SSSR count). The summed E-state index contributed by atoms with van der Waals surface area (Å²) in [5.41, 5.74) is 1.61. The van der Waals surface area contributed by atoms with Gasteiger partial charge >= 0.3 is 0 Å². The molecular weight excluding hydrogens is 396 g/mol. The molecule has 30 heavy (non-hydrogen) atoms. The summed E-state index contributed by atoms with van der Waals surface area (Å²) >= 11 is 1.54. The monoisotopic (exact) mass is 420 g/mol. The van der Waals surface area contributed by atoms with Gasteiger partial charge < -0.3 is 14.0 Å². The summed E-state index contributed by atoms with van der Waals surface area (Å²) in [5, 5.41) is 2.34. The minimum Gasteiger partial charge on any atom is -0.494 e. The molecule has 0 fully saturated rings. The fraction of sp³-hybridized carbons (Fsp3) is 0.250. The van der Waals surface area contributed by atoms with E-state index in [4.69, 9.17) is 9.47 Å². The van der Waals surface area contributed by atoms with Crippen LogP contribution in [0, 0.1) is 0 Å². The molecule has 0 saturated carbocycles. The first-order valence-corrected chi connectivity index (χ1v) is 10.9. The van der Waals surface area contributed by atoms with E-state index < -0.39 is 0 Å². The number of thiazole rings is 1. The molecule has 0 bridgehead atoms. The molecule has 0 N–H and O–H groups in total. The molecule has 154 valence electrons. The van der Waals surface area contributed by atoms with E-state index in [-0.39, 0.29) is 5.91 Å². The quantitative estimate of drug-likeness (QED) is 0.394. The van der Waals surface area contributed by atoms with Crippen molar-refractivity contribution in [1.29, 1.82) is 0 Å². The molecule has 6 heteroatoms. The van der Waals surface area contributed by atoms with Gasteiger partial charge in [0, 0.05) is 24.1 Å². The fourth-order valence-electron chi connectivity index (χ4n) is 3.41. The number of carbonyl (C=O) groups is 1. The highest BCUT2D eigenvalue weighted by Gasteiger charge is 2.12. The minimum absolute atomic E-state index is 0.265. The first kappa shape index (κ1) is 20.3. The van der Waals surface area contributed by atoms with Gasteiger partial charge in [0.05, 0.1) is 23.4 Å². The van der Waals surface area contributed by atoms with E-state index in [0.717, 1.165) is 16.0 Å². The molecule has 0 aliphatic carbocycles. The van der Waals surface area contributed by atoms with Crippen LogP contribution in [0.2, 0.25) is 0 Å². The largest absolute Gasteiger partial charge is 0.494 e. The SMILES string of the molecule is CCOCCn1c(=NC(=O)c2ccc(OCC)cc2)sc2c3ccccc3ccc21. The summed E-state index contributed by atoms with van der Waals surface area (Å²) in [5.74, 6) is 0.480. The first-order chi connectivity index (χ1) is 14.7. The normalized spacial score (nSPS) is 12.0. The molecule has 1 amide bonds. The smallest absolute Gasteiger partial charge is 0.279 e. The molecular formula is C24H24N2O3S. The maximum Gasteiger partial charge on any atom is 0.279 e. The first-order valence-electron chi connectivity index (χ1n) is 10.1. The lowest BCUT2D eigenvalue weighted by atomic mass is 10.1. The lowest BCUT2D eigenvalue weighted by Gasteiger charge is -2.06. The maximum atomic E-state index is 12.9. The number of nitrogens with zero attached hydrogens (tertiary/aromatic N) is 2. The second kappa shape index (κ2) is 9.24. The number of hydrogen-bond acceptors (Lipinski definition) is 4. The number of aromatic nitrogens is 1. The van der Waals surface area contributed by atoms with Crippen LogP contribution in [-0.2, 0) is 11.3 Å². The Morgan fingerprint density at radius 1 is 1.00 bits per heavy atom. The Morgan fingerprint density at radius 2 is 1.80 bits per heavy atom. The highest BCUT2D eigenvalue weighted by atomic mass is 32.1. The van der Waals surface area contributed by atoms with Gasteiger partial charge in [-0.3, -0.25) is 4.79 Å². The lowest BCUT2D eigenvalue weighted by molar-refractivity contribution is 0.0996. The van der Waals surface area contributed by atoms with Gasteiger partial charge in [-0.2, -0.15) is 4.99 Å². The van der Waals surface area contributed by atoms with Crippen LogP contribution in [0.15, 0.2) is 65.7 Å². The summed E-state index contributed by atoms with van der Waals surface area (Å²) in [7, 11) is 0. The van der Waals surface area contributed by atoms with Crippen molar-refractivity contribution >= 4 is 38.2 Å². The van der Waals surface area contributed by atoms with E-state index in [1.165, 1.54) is 10.8 Å². The number of benzene rings is 3. The molecule has 0 saturated heterocycles. The van der Waals surface area contributed by atoms with E-state index in [2.05, 4.69) is 33.8 Å². The Hall–Kier alpha value is -2.96. The number of fused-ring (bicyclic) bond motifs is 3. The second-order valence-corrected chi connectivity index (χ2v) is 7.72. The molecule has 0 aliphatic rings. The van der Waals surface area contributed by atoms with Gasteiger partial charge in [-0.15, -0.1) is 0 Å². The molecule has 0 unspecified atom stereocenters. The van der Waals surface area contributed by atoms with Crippen molar-refractivity contribution in [1.82, 2.24) is 4.57 Å². The zero-order valence-electron chi connectivity index (χ0n) is 17.1. The highest BCUT2D eigenvalue weighted by molar-refractivity contribution is 7.17. The van der Waals surface area contributed by atoms with E-state index in [1.54, 1.807) is 35.6 Å². The predicted molar refractivity (Wildman–Crippen MR) is 121 cm³/mol. The molecule has 5 nitrogen and oxygen atoms in total. The summed E-state index contributed by atoms with van der Waals surface area (Å²) in [6, 6.07) is 19.6. The zero-order valence-corrected chi connectivity index (χ0v) is 17.9. The van der Waals surface area contributed by atoms with Crippen LogP contribution in [0.3, 0.4) is 0 Å². The Labute approximate surface area is 179 Å². The minimum atomic E-state index is -0.265. The van der Waals surface area contributed by atoms with Crippen LogP contribution in [0.1, 0.15) is 24.2 Å². The second-order valence-electron chi connectivity index (χ2n) is 6.74. The van der Waals surface area contributed by atoms with E-state index in [1.807, 2.05) is 26.0 Å². The maximum absolute atomic E-state index is 12.9. The molecule has 0 aliphatic heterocycles. The third kappa shape index (κ3) is 4.15. The number of hydrogen-bond donors (Lipinski definition) is 0. The van der Waals surface area contributed by atoms with Gasteiger partial charge in [0.1, 0.15) is 5.75 Å². The van der Waals surface area contributed by atoms with Crippen LogP contribution < -0.4 is 9.54 Å². The fourth-order valence-corrected chi connectivity index (χ4v) is 4.60. The summed E-state index contributed by atoms with van der Waals surface area (Å²) < 4.78 is 14.2. The van der Waals surface area contributed by atoms with Crippen molar-refractivity contribution in [3.05, 3.63) is 71.0 Å². The van der Waals surface area contributed by atoms with Crippen molar-refractivity contribution in [3.8, 4) is 5.75 Å². The number of ether oxygens (including phenoxy) is 2. The average molecular weight is 421 g/mol. The molecule has 0 atom stereocenters. The van der Waals surface area contributed by atoms with Crippen molar-refractivity contribution in [2.75, 3.05) is 19.8 Å². The Bertz CT molecular complexity index is 1240. The Kier molecular flexibility index (Phi) is 6.26. The van der Waals surface area contributed by atoms with Crippen LogP contribution in [0.4, 0.5) is 0 Å². The van der Waals surface area contributed by atoms with Gasteiger partial charge in [0.2, 0.25) is 0 Å². The molecule has 1 aromatic heterocycles.